The Morgan fingerprint density at radius 3 is 2.55 bits per heavy atom. The molecule has 1 saturated heterocycles. The van der Waals surface area contributed by atoms with E-state index in [0.717, 1.165) is 32.4 Å². The van der Waals surface area contributed by atoms with Crippen molar-refractivity contribution < 1.29 is 19.1 Å². The Kier molecular flexibility index (Phi) is 8.43. The molecule has 0 bridgehead atoms. The highest BCUT2D eigenvalue weighted by Crippen LogP contribution is 2.25. The third-order valence-electron chi connectivity index (χ3n) is 6.05. The van der Waals surface area contributed by atoms with Crippen molar-refractivity contribution >= 4 is 29.1 Å². The lowest BCUT2D eigenvalue weighted by atomic mass is 9.92. The van der Waals surface area contributed by atoms with Crippen molar-refractivity contribution in [2.75, 3.05) is 30.8 Å². The summed E-state index contributed by atoms with van der Waals surface area (Å²) in [5, 5.41) is 5.77. The van der Waals surface area contributed by atoms with Crippen LogP contribution in [0.5, 0.6) is 5.75 Å². The fraction of sp³-hybridized carbons (Fsp3) is 0.400. The lowest BCUT2D eigenvalue weighted by Crippen LogP contribution is -2.47. The Balaban J connectivity index is 1.55. The molecule has 0 aliphatic carbocycles. The van der Waals surface area contributed by atoms with E-state index < -0.39 is 0 Å². The van der Waals surface area contributed by atoms with E-state index in [2.05, 4.69) is 15.5 Å². The maximum Gasteiger partial charge on any atom is 0.255 e. The zero-order chi connectivity index (χ0) is 23.8. The molecular formula is C25H32N4O4. The summed E-state index contributed by atoms with van der Waals surface area (Å²) in [4.78, 5) is 38.6. The normalized spacial score (nSPS) is 17.1. The summed E-state index contributed by atoms with van der Waals surface area (Å²) in [5.41, 5.74) is 6.96. The number of carbonyl (C=O) groups is 3. The van der Waals surface area contributed by atoms with Gasteiger partial charge in [-0.3, -0.25) is 19.3 Å². The predicted octanol–water partition coefficient (Wildman–Crippen LogP) is 3.25. The number of para-hydroxylation sites is 2. The molecule has 1 heterocycles. The molecule has 1 aliphatic rings. The first-order chi connectivity index (χ1) is 15.9. The zero-order valence-corrected chi connectivity index (χ0v) is 19.2. The number of likely N-dealkylation sites (tertiary alicyclic amines) is 1. The highest BCUT2D eigenvalue weighted by Gasteiger charge is 2.27. The number of nitrogens with zero attached hydrogens (tertiary/aromatic N) is 1. The number of hydrogen-bond donors (Lipinski definition) is 3. The summed E-state index contributed by atoms with van der Waals surface area (Å²) in [7, 11) is 1.55. The molecule has 0 spiro atoms. The molecule has 2 aromatic rings. The molecule has 0 aromatic heterocycles. The fourth-order valence-corrected chi connectivity index (χ4v) is 4.09. The van der Waals surface area contributed by atoms with Crippen LogP contribution < -0.4 is 21.1 Å². The van der Waals surface area contributed by atoms with Crippen molar-refractivity contribution in [3.05, 3.63) is 54.1 Å². The number of nitrogens with two attached hydrogens (primary N) is 1. The smallest absolute Gasteiger partial charge is 0.255 e. The number of nitrogens with one attached hydrogen (secondary N) is 2. The molecule has 0 radical (unpaired) electrons. The summed E-state index contributed by atoms with van der Waals surface area (Å²) in [6.45, 7) is 3.52. The first-order valence-corrected chi connectivity index (χ1v) is 11.2. The number of ether oxygens (including phenoxy) is 1. The Morgan fingerprint density at radius 2 is 1.85 bits per heavy atom. The van der Waals surface area contributed by atoms with Crippen LogP contribution in [0.2, 0.25) is 0 Å². The average Bonchev–Trinajstić information content (AvgIpc) is 2.83. The molecular weight excluding hydrogens is 420 g/mol. The van der Waals surface area contributed by atoms with Gasteiger partial charge in [-0.1, -0.05) is 12.1 Å². The summed E-state index contributed by atoms with van der Waals surface area (Å²) >= 11 is 0. The number of piperidine rings is 1. The highest BCUT2D eigenvalue weighted by atomic mass is 16.5. The second-order valence-corrected chi connectivity index (χ2v) is 8.41. The topological polar surface area (TPSA) is 114 Å². The summed E-state index contributed by atoms with van der Waals surface area (Å²) in [6, 6.07) is 13.7. The summed E-state index contributed by atoms with van der Waals surface area (Å²) in [6.07, 6.45) is 3.20. The number of amides is 3. The van der Waals surface area contributed by atoms with Gasteiger partial charge in [-0.25, -0.2) is 0 Å². The number of anilines is 2. The maximum absolute atomic E-state index is 12.8. The second-order valence-electron chi connectivity index (χ2n) is 8.41. The zero-order valence-electron chi connectivity index (χ0n) is 19.2. The molecule has 2 aromatic carbocycles. The molecule has 1 fully saturated rings. The minimum atomic E-state index is -0.296. The standard InChI is InChI=1S/C25H32N4O4/c1-17(29-15-5-6-18(16-29)9-14-23(26)30)24(31)27-20-12-10-19(11-13-20)25(32)28-21-7-3-4-8-22(21)33-2/h3-4,7-8,10-13,17-18H,5-6,9,14-16H2,1-2H3,(H2,26,30)(H,27,31)(H,28,32)/t17-,18+/m0/s1. The molecule has 176 valence electrons. The predicted molar refractivity (Wildman–Crippen MR) is 128 cm³/mol. The molecule has 2 atom stereocenters. The van der Waals surface area contributed by atoms with E-state index in [1.807, 2.05) is 19.1 Å². The van der Waals surface area contributed by atoms with E-state index in [1.165, 1.54) is 0 Å². The minimum Gasteiger partial charge on any atom is -0.495 e. The van der Waals surface area contributed by atoms with Crippen molar-refractivity contribution in [2.24, 2.45) is 11.7 Å². The summed E-state index contributed by atoms with van der Waals surface area (Å²) in [5.74, 6) is 0.316. The largest absolute Gasteiger partial charge is 0.495 e. The quantitative estimate of drug-likeness (QED) is 0.540. The Morgan fingerprint density at radius 1 is 1.12 bits per heavy atom. The van der Waals surface area contributed by atoms with Crippen LogP contribution in [0, 0.1) is 5.92 Å². The van der Waals surface area contributed by atoms with E-state index in [1.54, 1.807) is 43.5 Å². The van der Waals surface area contributed by atoms with Crippen molar-refractivity contribution in [3.8, 4) is 5.75 Å². The van der Waals surface area contributed by atoms with Crippen LogP contribution in [-0.4, -0.2) is 48.9 Å². The van der Waals surface area contributed by atoms with Crippen molar-refractivity contribution in [1.29, 1.82) is 0 Å². The van der Waals surface area contributed by atoms with Crippen LogP contribution >= 0.6 is 0 Å². The van der Waals surface area contributed by atoms with E-state index in [9.17, 15) is 14.4 Å². The first-order valence-electron chi connectivity index (χ1n) is 11.2. The van der Waals surface area contributed by atoms with Crippen LogP contribution in [0.4, 0.5) is 11.4 Å². The number of hydrogen-bond acceptors (Lipinski definition) is 5. The minimum absolute atomic E-state index is 0.100. The third-order valence-corrected chi connectivity index (χ3v) is 6.05. The number of benzene rings is 2. The molecule has 3 rings (SSSR count). The van der Waals surface area contributed by atoms with Gasteiger partial charge in [0.15, 0.2) is 0 Å². The van der Waals surface area contributed by atoms with Gasteiger partial charge in [0, 0.05) is 24.2 Å². The average molecular weight is 453 g/mol. The van der Waals surface area contributed by atoms with Crippen LogP contribution in [0.15, 0.2) is 48.5 Å². The number of methoxy groups -OCH3 is 1. The number of rotatable bonds is 9. The second kappa shape index (κ2) is 11.5. The van der Waals surface area contributed by atoms with Gasteiger partial charge in [0.05, 0.1) is 18.8 Å². The van der Waals surface area contributed by atoms with Crippen LogP contribution in [0.3, 0.4) is 0 Å². The van der Waals surface area contributed by atoms with Gasteiger partial charge in [0.25, 0.3) is 5.91 Å². The van der Waals surface area contributed by atoms with Gasteiger partial charge in [-0.05, 0) is 75.0 Å². The first kappa shape index (κ1) is 24.3. The van der Waals surface area contributed by atoms with Crippen molar-refractivity contribution in [3.63, 3.8) is 0 Å². The third kappa shape index (κ3) is 6.79. The maximum atomic E-state index is 12.8. The van der Waals surface area contributed by atoms with Gasteiger partial charge < -0.3 is 21.1 Å². The number of carbonyl (C=O) groups excluding carboxylic acids is 3. The lowest BCUT2D eigenvalue weighted by Gasteiger charge is -2.36. The molecule has 8 nitrogen and oxygen atoms in total. The van der Waals surface area contributed by atoms with Gasteiger partial charge in [0.2, 0.25) is 11.8 Å². The Hall–Kier alpha value is -3.39. The highest BCUT2D eigenvalue weighted by molar-refractivity contribution is 6.05. The van der Waals surface area contributed by atoms with Gasteiger partial charge in [0.1, 0.15) is 5.75 Å². The van der Waals surface area contributed by atoms with Gasteiger partial charge >= 0.3 is 0 Å². The lowest BCUT2D eigenvalue weighted by molar-refractivity contribution is -0.122. The molecule has 1 aliphatic heterocycles. The van der Waals surface area contributed by atoms with Gasteiger partial charge in [-0.15, -0.1) is 0 Å². The van der Waals surface area contributed by atoms with Crippen molar-refractivity contribution in [2.45, 2.75) is 38.6 Å². The van der Waals surface area contributed by atoms with Crippen LogP contribution in [0.1, 0.15) is 43.0 Å². The summed E-state index contributed by atoms with van der Waals surface area (Å²) < 4.78 is 5.26. The SMILES string of the molecule is COc1ccccc1NC(=O)c1ccc(NC(=O)[C@H](C)N2CCC[C@H](CCC(N)=O)C2)cc1. The van der Waals surface area contributed by atoms with Crippen LogP contribution in [0.25, 0.3) is 0 Å². The Bertz CT molecular complexity index is 977. The van der Waals surface area contributed by atoms with Crippen LogP contribution in [-0.2, 0) is 9.59 Å². The van der Waals surface area contributed by atoms with E-state index in [0.29, 0.717) is 35.0 Å². The monoisotopic (exact) mass is 452 g/mol. The molecule has 4 N–H and O–H groups in total. The van der Waals surface area contributed by atoms with E-state index in [4.69, 9.17) is 10.5 Å². The fourth-order valence-electron chi connectivity index (χ4n) is 4.09. The molecule has 3 amide bonds. The molecule has 0 unspecified atom stereocenters. The van der Waals surface area contributed by atoms with Gasteiger partial charge in [-0.2, -0.15) is 0 Å². The van der Waals surface area contributed by atoms with E-state index in [-0.39, 0.29) is 23.8 Å². The molecule has 33 heavy (non-hydrogen) atoms. The van der Waals surface area contributed by atoms with Crippen molar-refractivity contribution in [1.82, 2.24) is 4.90 Å². The molecule has 8 heteroatoms. The van der Waals surface area contributed by atoms with E-state index >= 15 is 0 Å². The molecule has 0 saturated carbocycles. The number of primary amides is 1. The Labute approximate surface area is 194 Å².